The molecule has 0 spiro atoms. The van der Waals surface area contributed by atoms with Crippen LogP contribution in [-0.2, 0) is 6.61 Å². The monoisotopic (exact) mass is 373 g/mol. The van der Waals surface area contributed by atoms with Crippen molar-refractivity contribution in [2.75, 3.05) is 11.9 Å². The van der Waals surface area contributed by atoms with Crippen LogP contribution in [0.25, 0.3) is 10.8 Å². The van der Waals surface area contributed by atoms with Gasteiger partial charge in [-0.25, -0.2) is 9.78 Å². The van der Waals surface area contributed by atoms with Gasteiger partial charge in [0.15, 0.2) is 0 Å². The van der Waals surface area contributed by atoms with E-state index >= 15 is 0 Å². The molecule has 6 nitrogen and oxygen atoms in total. The van der Waals surface area contributed by atoms with E-state index in [1.165, 1.54) is 0 Å². The van der Waals surface area contributed by atoms with Crippen LogP contribution in [0.3, 0.4) is 0 Å². The van der Waals surface area contributed by atoms with Crippen molar-refractivity contribution in [2.45, 2.75) is 13.5 Å². The van der Waals surface area contributed by atoms with Gasteiger partial charge in [-0.1, -0.05) is 24.3 Å². The van der Waals surface area contributed by atoms with Crippen LogP contribution in [0.4, 0.5) is 10.6 Å². The highest BCUT2D eigenvalue weighted by Gasteiger charge is 2.06. The molecule has 0 radical (unpaired) electrons. The van der Waals surface area contributed by atoms with Crippen molar-refractivity contribution < 1.29 is 14.6 Å². The van der Waals surface area contributed by atoms with Crippen LogP contribution in [0, 0.1) is 0 Å². The van der Waals surface area contributed by atoms with Crippen LogP contribution < -0.4 is 15.4 Å². The standard InChI is InChI=1S/C19H19N3O3.ClH/c1-2-20-19(24)22-18-9-13-5-3-6-14(17(13)11-21-18)12-25-16-8-4-7-15(23)10-16;/h3-11,23H,2,12H2,1H3,(H2,20,21,22,24);1H. The highest BCUT2D eigenvalue weighted by atomic mass is 35.5. The molecular formula is C19H20ClN3O3. The maximum absolute atomic E-state index is 11.6. The molecule has 0 aliphatic heterocycles. The van der Waals surface area contributed by atoms with Crippen LogP contribution in [0.2, 0.25) is 0 Å². The molecule has 2 amide bonds. The molecule has 2 aromatic carbocycles. The molecule has 3 N–H and O–H groups in total. The molecular weight excluding hydrogens is 354 g/mol. The van der Waals surface area contributed by atoms with Gasteiger partial charge in [0.1, 0.15) is 23.9 Å². The quantitative estimate of drug-likeness (QED) is 0.629. The molecule has 3 rings (SSSR count). The lowest BCUT2D eigenvalue weighted by Crippen LogP contribution is -2.28. The summed E-state index contributed by atoms with van der Waals surface area (Å²) in [5.41, 5.74) is 0.970. The summed E-state index contributed by atoms with van der Waals surface area (Å²) in [6.07, 6.45) is 1.72. The average Bonchev–Trinajstić information content (AvgIpc) is 2.60. The number of nitrogens with one attached hydrogen (secondary N) is 2. The first-order valence-electron chi connectivity index (χ1n) is 8.00. The van der Waals surface area contributed by atoms with E-state index in [1.54, 1.807) is 30.5 Å². The van der Waals surface area contributed by atoms with Crippen molar-refractivity contribution in [3.05, 3.63) is 60.3 Å². The van der Waals surface area contributed by atoms with E-state index in [1.807, 2.05) is 31.2 Å². The molecule has 1 heterocycles. The summed E-state index contributed by atoms with van der Waals surface area (Å²) in [4.78, 5) is 15.9. The molecule has 0 atom stereocenters. The van der Waals surface area contributed by atoms with Gasteiger partial charge in [-0.3, -0.25) is 5.32 Å². The Kier molecular flexibility index (Phi) is 6.63. The highest BCUT2D eigenvalue weighted by molar-refractivity contribution is 5.92. The topological polar surface area (TPSA) is 83.5 Å². The number of hydrogen-bond acceptors (Lipinski definition) is 4. The molecule has 0 unspecified atom stereocenters. The number of aromatic hydroxyl groups is 1. The first-order valence-corrected chi connectivity index (χ1v) is 8.00. The first kappa shape index (κ1) is 19.3. The van der Waals surface area contributed by atoms with Crippen LogP contribution in [0.15, 0.2) is 54.7 Å². The molecule has 1 aromatic heterocycles. The lowest BCUT2D eigenvalue weighted by Gasteiger charge is -2.10. The maximum Gasteiger partial charge on any atom is 0.320 e. The number of halogens is 1. The maximum atomic E-state index is 11.6. The minimum absolute atomic E-state index is 0. The molecule has 0 saturated carbocycles. The van der Waals surface area contributed by atoms with Crippen LogP contribution in [0.5, 0.6) is 11.5 Å². The lowest BCUT2D eigenvalue weighted by molar-refractivity contribution is 0.252. The van der Waals surface area contributed by atoms with Crippen LogP contribution in [0.1, 0.15) is 12.5 Å². The number of phenolic OH excluding ortho intramolecular Hbond substituents is 1. The van der Waals surface area contributed by atoms with Gasteiger partial charge < -0.3 is 15.2 Å². The summed E-state index contributed by atoms with van der Waals surface area (Å²) in [5, 5.41) is 16.8. The molecule has 0 bridgehead atoms. The normalized spacial score (nSPS) is 10.0. The fourth-order valence-electron chi connectivity index (χ4n) is 2.48. The van der Waals surface area contributed by atoms with Gasteiger partial charge in [-0.15, -0.1) is 12.4 Å². The van der Waals surface area contributed by atoms with Crippen molar-refractivity contribution in [2.24, 2.45) is 0 Å². The van der Waals surface area contributed by atoms with Gasteiger partial charge in [0.05, 0.1) is 0 Å². The number of anilines is 1. The number of fused-ring (bicyclic) bond motifs is 1. The van der Waals surface area contributed by atoms with Crippen molar-refractivity contribution >= 4 is 35.0 Å². The number of pyridine rings is 1. The number of amides is 2. The van der Waals surface area contributed by atoms with Crippen LogP contribution >= 0.6 is 12.4 Å². The molecule has 0 aliphatic rings. The number of ether oxygens (including phenoxy) is 1. The second-order valence-corrected chi connectivity index (χ2v) is 5.48. The summed E-state index contributed by atoms with van der Waals surface area (Å²) in [5.74, 6) is 1.25. The van der Waals surface area contributed by atoms with E-state index in [0.29, 0.717) is 24.7 Å². The van der Waals surface area contributed by atoms with Crippen molar-refractivity contribution in [3.8, 4) is 11.5 Å². The van der Waals surface area contributed by atoms with Crippen LogP contribution in [-0.4, -0.2) is 22.7 Å². The predicted octanol–water partition coefficient (Wildman–Crippen LogP) is 4.08. The van der Waals surface area contributed by atoms with Gasteiger partial charge in [0.2, 0.25) is 0 Å². The van der Waals surface area contributed by atoms with Gasteiger partial charge in [-0.2, -0.15) is 0 Å². The molecule has 3 aromatic rings. The molecule has 7 heteroatoms. The second-order valence-electron chi connectivity index (χ2n) is 5.48. The van der Waals surface area contributed by atoms with Gasteiger partial charge in [0, 0.05) is 24.2 Å². The fraction of sp³-hybridized carbons (Fsp3) is 0.158. The zero-order chi connectivity index (χ0) is 17.6. The third-order valence-corrected chi connectivity index (χ3v) is 3.65. The number of hydrogen-bond donors (Lipinski definition) is 3. The number of phenols is 1. The number of benzene rings is 2. The fourth-order valence-corrected chi connectivity index (χ4v) is 2.48. The molecule has 26 heavy (non-hydrogen) atoms. The average molecular weight is 374 g/mol. The second kappa shape index (κ2) is 8.92. The number of carbonyl (C=O) groups is 1. The SMILES string of the molecule is CCNC(=O)Nc1cc2cccc(COc3cccc(O)c3)c2cn1.Cl. The Hall–Kier alpha value is -2.99. The third kappa shape index (κ3) is 4.77. The minimum atomic E-state index is -0.280. The summed E-state index contributed by atoms with van der Waals surface area (Å²) in [6, 6.07) is 14.1. The highest BCUT2D eigenvalue weighted by Crippen LogP contribution is 2.23. The van der Waals surface area contributed by atoms with E-state index in [4.69, 9.17) is 4.74 Å². The predicted molar refractivity (Wildman–Crippen MR) is 104 cm³/mol. The number of nitrogens with zero attached hydrogens (tertiary/aromatic N) is 1. The zero-order valence-electron chi connectivity index (χ0n) is 14.2. The largest absolute Gasteiger partial charge is 0.508 e. The van der Waals surface area contributed by atoms with E-state index in [-0.39, 0.29) is 24.2 Å². The van der Waals surface area contributed by atoms with E-state index in [0.717, 1.165) is 16.3 Å². The molecule has 0 fully saturated rings. The molecule has 0 aliphatic carbocycles. The lowest BCUT2D eigenvalue weighted by atomic mass is 10.1. The Morgan fingerprint density at radius 2 is 2.00 bits per heavy atom. The van der Waals surface area contributed by atoms with Crippen molar-refractivity contribution in [3.63, 3.8) is 0 Å². The van der Waals surface area contributed by atoms with E-state index < -0.39 is 0 Å². The summed E-state index contributed by atoms with van der Waals surface area (Å²) < 4.78 is 5.74. The Balaban J connectivity index is 0.00000243. The number of carbonyl (C=O) groups excluding carboxylic acids is 1. The summed E-state index contributed by atoms with van der Waals surface area (Å²) >= 11 is 0. The first-order chi connectivity index (χ1) is 12.2. The van der Waals surface area contributed by atoms with E-state index in [9.17, 15) is 9.90 Å². The number of rotatable bonds is 5. The van der Waals surface area contributed by atoms with Gasteiger partial charge in [0.25, 0.3) is 0 Å². The number of aromatic nitrogens is 1. The van der Waals surface area contributed by atoms with Gasteiger partial charge in [-0.05, 0) is 36.1 Å². The van der Waals surface area contributed by atoms with Crippen molar-refractivity contribution in [1.82, 2.24) is 10.3 Å². The Morgan fingerprint density at radius 3 is 2.77 bits per heavy atom. The third-order valence-electron chi connectivity index (χ3n) is 3.65. The van der Waals surface area contributed by atoms with Crippen molar-refractivity contribution in [1.29, 1.82) is 0 Å². The van der Waals surface area contributed by atoms with Gasteiger partial charge >= 0.3 is 6.03 Å². The number of urea groups is 1. The Labute approximate surface area is 157 Å². The molecule has 0 saturated heterocycles. The molecule has 136 valence electrons. The smallest absolute Gasteiger partial charge is 0.320 e. The Bertz CT molecular complexity index is 902. The minimum Gasteiger partial charge on any atom is -0.508 e. The zero-order valence-corrected chi connectivity index (χ0v) is 15.0. The summed E-state index contributed by atoms with van der Waals surface area (Å²) in [6.45, 7) is 2.76. The summed E-state index contributed by atoms with van der Waals surface area (Å²) in [7, 11) is 0. The van der Waals surface area contributed by atoms with E-state index in [2.05, 4.69) is 15.6 Å². The Morgan fingerprint density at radius 1 is 1.19 bits per heavy atom.